The maximum absolute atomic E-state index is 12.3. The number of carbonyl (C=O) groups is 1. The van der Waals surface area contributed by atoms with Crippen molar-refractivity contribution in [3.8, 4) is 0 Å². The van der Waals surface area contributed by atoms with Crippen molar-refractivity contribution in [1.82, 2.24) is 9.80 Å². The summed E-state index contributed by atoms with van der Waals surface area (Å²) in [7, 11) is 0. The molecule has 0 aliphatic carbocycles. The van der Waals surface area contributed by atoms with Crippen molar-refractivity contribution in [2.45, 2.75) is 43.3 Å². The van der Waals surface area contributed by atoms with Crippen LogP contribution in [0.25, 0.3) is 0 Å². The highest BCUT2D eigenvalue weighted by Crippen LogP contribution is 2.44. The maximum Gasteiger partial charge on any atom is 0.242 e. The summed E-state index contributed by atoms with van der Waals surface area (Å²) >= 11 is 2.03. The Morgan fingerprint density at radius 1 is 1.29 bits per heavy atom. The zero-order chi connectivity index (χ0) is 17.2. The minimum atomic E-state index is -0.810. The zero-order valence-corrected chi connectivity index (χ0v) is 15.0. The van der Waals surface area contributed by atoms with Gasteiger partial charge in [-0.3, -0.25) is 9.69 Å². The number of carbonyl (C=O) groups excluding carboxylic acids is 1. The molecule has 1 spiro atoms. The normalized spacial score (nSPS) is 23.4. The molecule has 3 rings (SSSR count). The molecule has 1 aromatic carbocycles. The molecule has 0 unspecified atom stereocenters. The summed E-state index contributed by atoms with van der Waals surface area (Å²) in [6, 6.07) is 9.77. The molecule has 2 atom stereocenters. The van der Waals surface area contributed by atoms with Gasteiger partial charge >= 0.3 is 0 Å². The minimum absolute atomic E-state index is 0.127. The first-order chi connectivity index (χ1) is 11.5. The van der Waals surface area contributed by atoms with Crippen LogP contribution in [0.3, 0.4) is 0 Å². The molecule has 1 amide bonds. The highest BCUT2D eigenvalue weighted by Gasteiger charge is 2.45. The number of piperidine rings is 1. The monoisotopic (exact) mass is 349 g/mol. The van der Waals surface area contributed by atoms with E-state index in [2.05, 4.69) is 29.2 Å². The van der Waals surface area contributed by atoms with Gasteiger partial charge in [0.05, 0.1) is 11.0 Å². The lowest BCUT2D eigenvalue weighted by Gasteiger charge is -2.44. The highest BCUT2D eigenvalue weighted by atomic mass is 32.2. The number of amides is 1. The van der Waals surface area contributed by atoms with Gasteiger partial charge in [-0.25, -0.2) is 0 Å². The van der Waals surface area contributed by atoms with Crippen LogP contribution in [0.5, 0.6) is 0 Å². The lowest BCUT2D eigenvalue weighted by Crippen LogP contribution is -2.56. The number of hydrogen-bond acceptors (Lipinski definition) is 5. The number of aliphatic hydroxyl groups excluding tert-OH is 1. The van der Waals surface area contributed by atoms with Gasteiger partial charge in [-0.15, -0.1) is 11.8 Å². The summed E-state index contributed by atoms with van der Waals surface area (Å²) in [5.41, 5.74) is 7.15. The third-order valence-corrected chi connectivity index (χ3v) is 6.78. The van der Waals surface area contributed by atoms with Crippen LogP contribution in [0.2, 0.25) is 0 Å². The minimum Gasteiger partial charge on any atom is -0.391 e. The fraction of sp³-hybridized carbons (Fsp3) is 0.611. The Morgan fingerprint density at radius 3 is 2.58 bits per heavy atom. The Balaban J connectivity index is 1.62. The maximum atomic E-state index is 12.3. The van der Waals surface area contributed by atoms with Crippen LogP contribution in [-0.2, 0) is 11.3 Å². The van der Waals surface area contributed by atoms with Crippen molar-refractivity contribution in [2.75, 3.05) is 25.4 Å². The van der Waals surface area contributed by atoms with E-state index in [4.69, 9.17) is 5.73 Å². The first kappa shape index (κ1) is 17.7. The SMILES string of the molecule is C[C@@H](O)[C@H](N)C(=O)N1CCC2(CC1)SCCN2Cc1ccccc1. The van der Waals surface area contributed by atoms with Crippen molar-refractivity contribution in [2.24, 2.45) is 5.73 Å². The second-order valence-corrected chi connectivity index (χ2v) is 8.25. The molecule has 2 saturated heterocycles. The predicted molar refractivity (Wildman–Crippen MR) is 97.5 cm³/mol. The molecule has 24 heavy (non-hydrogen) atoms. The van der Waals surface area contributed by atoms with Gasteiger partial charge in [0.25, 0.3) is 0 Å². The Morgan fingerprint density at radius 2 is 1.96 bits per heavy atom. The van der Waals surface area contributed by atoms with Gasteiger partial charge in [0.15, 0.2) is 0 Å². The quantitative estimate of drug-likeness (QED) is 0.856. The summed E-state index contributed by atoms with van der Waals surface area (Å²) < 4.78 is 0. The van der Waals surface area contributed by atoms with E-state index in [9.17, 15) is 9.90 Å². The van der Waals surface area contributed by atoms with Gasteiger partial charge in [0.1, 0.15) is 6.04 Å². The average molecular weight is 350 g/mol. The molecule has 0 bridgehead atoms. The first-order valence-corrected chi connectivity index (χ1v) is 9.66. The average Bonchev–Trinajstić information content (AvgIpc) is 2.97. The molecule has 2 aliphatic rings. The number of likely N-dealkylation sites (tertiary alicyclic amines) is 1. The van der Waals surface area contributed by atoms with Gasteiger partial charge < -0.3 is 15.7 Å². The van der Waals surface area contributed by atoms with Crippen LogP contribution in [0.15, 0.2) is 30.3 Å². The molecule has 3 N–H and O–H groups in total. The van der Waals surface area contributed by atoms with Gasteiger partial charge in [0, 0.05) is 31.9 Å². The van der Waals surface area contributed by atoms with Gasteiger partial charge in [-0.2, -0.15) is 0 Å². The van der Waals surface area contributed by atoms with Crippen LogP contribution < -0.4 is 5.73 Å². The summed E-state index contributed by atoms with van der Waals surface area (Å²) in [6.45, 7) is 5.08. The molecule has 0 saturated carbocycles. The fourth-order valence-electron chi connectivity index (χ4n) is 3.62. The number of nitrogens with two attached hydrogens (primary N) is 1. The molecule has 5 nitrogen and oxygen atoms in total. The van der Waals surface area contributed by atoms with E-state index in [1.165, 1.54) is 5.56 Å². The van der Waals surface area contributed by atoms with Gasteiger partial charge in [-0.05, 0) is 25.3 Å². The van der Waals surface area contributed by atoms with Crippen LogP contribution in [0.1, 0.15) is 25.3 Å². The Kier molecular flexibility index (Phi) is 5.49. The second kappa shape index (κ2) is 7.44. The van der Waals surface area contributed by atoms with E-state index in [-0.39, 0.29) is 10.8 Å². The van der Waals surface area contributed by atoms with Crippen molar-refractivity contribution in [1.29, 1.82) is 0 Å². The van der Waals surface area contributed by atoms with Crippen LogP contribution in [0, 0.1) is 0 Å². The standard InChI is InChI=1S/C18H27N3O2S/c1-14(22)16(19)17(23)20-9-7-18(8-10-20)21(11-12-24-18)13-15-5-3-2-4-6-15/h2-6,14,16,22H,7-13,19H2,1H3/t14-,16+/m1/s1. The Labute approximate surface area is 148 Å². The molecule has 0 aromatic heterocycles. The molecule has 2 fully saturated rings. The number of aliphatic hydroxyl groups is 1. The van der Waals surface area contributed by atoms with Crippen molar-refractivity contribution in [3.63, 3.8) is 0 Å². The smallest absolute Gasteiger partial charge is 0.242 e. The lowest BCUT2D eigenvalue weighted by molar-refractivity contribution is -0.136. The van der Waals surface area contributed by atoms with Crippen molar-refractivity contribution >= 4 is 17.7 Å². The summed E-state index contributed by atoms with van der Waals surface area (Å²) in [4.78, 5) is 16.9. The molecule has 132 valence electrons. The fourth-order valence-corrected chi connectivity index (χ4v) is 5.12. The third kappa shape index (κ3) is 3.61. The lowest BCUT2D eigenvalue weighted by atomic mass is 10.00. The zero-order valence-electron chi connectivity index (χ0n) is 14.2. The molecule has 2 aliphatic heterocycles. The molecule has 1 aromatic rings. The first-order valence-electron chi connectivity index (χ1n) is 8.67. The number of rotatable bonds is 4. The van der Waals surface area contributed by atoms with E-state index >= 15 is 0 Å². The van der Waals surface area contributed by atoms with E-state index in [1.54, 1.807) is 6.92 Å². The third-order valence-electron chi connectivity index (χ3n) is 5.19. The molecule has 2 heterocycles. The van der Waals surface area contributed by atoms with Crippen LogP contribution >= 0.6 is 11.8 Å². The number of hydrogen-bond donors (Lipinski definition) is 2. The van der Waals surface area contributed by atoms with Crippen molar-refractivity contribution in [3.05, 3.63) is 35.9 Å². The second-order valence-electron chi connectivity index (χ2n) is 6.79. The van der Waals surface area contributed by atoms with E-state index in [0.29, 0.717) is 0 Å². The Hall–Kier alpha value is -1.08. The van der Waals surface area contributed by atoms with E-state index < -0.39 is 12.1 Å². The highest BCUT2D eigenvalue weighted by molar-refractivity contribution is 8.00. The summed E-state index contributed by atoms with van der Waals surface area (Å²) in [6.07, 6.45) is 1.12. The van der Waals surface area contributed by atoms with Gasteiger partial charge in [-0.1, -0.05) is 30.3 Å². The predicted octanol–water partition coefficient (Wildman–Crippen LogP) is 1.26. The summed E-state index contributed by atoms with van der Waals surface area (Å²) in [5.74, 6) is 1.02. The summed E-state index contributed by atoms with van der Waals surface area (Å²) in [5, 5.41) is 9.55. The largest absolute Gasteiger partial charge is 0.391 e. The number of nitrogens with zero attached hydrogens (tertiary/aromatic N) is 2. The van der Waals surface area contributed by atoms with Crippen LogP contribution in [-0.4, -0.2) is 63.2 Å². The molecular formula is C18H27N3O2S. The molecule has 0 radical (unpaired) electrons. The molecular weight excluding hydrogens is 322 g/mol. The Bertz CT molecular complexity index is 559. The number of thioether (sulfide) groups is 1. The van der Waals surface area contributed by atoms with E-state index in [0.717, 1.165) is 44.8 Å². The number of benzene rings is 1. The van der Waals surface area contributed by atoms with Crippen LogP contribution in [0.4, 0.5) is 0 Å². The van der Waals surface area contributed by atoms with Crippen molar-refractivity contribution < 1.29 is 9.90 Å². The van der Waals surface area contributed by atoms with Gasteiger partial charge in [0.2, 0.25) is 5.91 Å². The molecule has 6 heteroatoms. The van der Waals surface area contributed by atoms with E-state index in [1.807, 2.05) is 22.7 Å². The topological polar surface area (TPSA) is 69.8 Å².